The van der Waals surface area contributed by atoms with Crippen molar-refractivity contribution in [2.24, 2.45) is 0 Å². The Kier molecular flexibility index (Phi) is 17.2. The SMILES string of the molecule is CC(C)(C)c1ccc2c(c1)c1cc(C(C)(C)C)ccc1n2-c1cc(-c2c(F)cccc2F)cc(-n2c3ccc(C(C)(C)C)cc3c3cc(C(C)(C)Cc4ccc(F)c(-c5cc(-n6c7ccccc7c7ccc(C(C)(C)C)cc76)c(C(F)(F)F)c(-n6c7ccccc7c7ccc(C(C)(C)C)cc76)c5)c4F)ccc32)c1C(F)(F)F. The van der Waals surface area contributed by atoms with Crippen molar-refractivity contribution in [2.75, 3.05) is 0 Å². The van der Waals surface area contributed by atoms with Crippen molar-refractivity contribution in [3.63, 3.8) is 0 Å². The highest BCUT2D eigenvalue weighted by molar-refractivity contribution is 6.14. The van der Waals surface area contributed by atoms with E-state index in [1.807, 2.05) is 191 Å². The highest BCUT2D eigenvalue weighted by Crippen LogP contribution is 2.52. The van der Waals surface area contributed by atoms with E-state index in [-0.39, 0.29) is 51.0 Å². The van der Waals surface area contributed by atoms with Gasteiger partial charge in [-0.05, 0) is 204 Å². The van der Waals surface area contributed by atoms with Crippen LogP contribution >= 0.6 is 0 Å². The summed E-state index contributed by atoms with van der Waals surface area (Å²) in [4.78, 5) is 0. The first-order chi connectivity index (χ1) is 52.4. The summed E-state index contributed by atoms with van der Waals surface area (Å²) in [5.74, 6) is -3.97. The van der Waals surface area contributed by atoms with Crippen molar-refractivity contribution in [3.05, 3.63) is 286 Å². The molecule has 0 saturated carbocycles. The van der Waals surface area contributed by atoms with Crippen molar-refractivity contribution in [1.82, 2.24) is 18.3 Å². The summed E-state index contributed by atoms with van der Waals surface area (Å²) in [6.07, 6.45) is -10.3. The van der Waals surface area contributed by atoms with Crippen LogP contribution in [-0.4, -0.2) is 18.3 Å². The predicted molar refractivity (Wildman–Crippen MR) is 441 cm³/mol. The van der Waals surface area contributed by atoms with E-state index in [2.05, 4.69) is 41.5 Å². The number of fused-ring (bicyclic) bond motifs is 12. The van der Waals surface area contributed by atoms with Gasteiger partial charge in [-0.15, -0.1) is 0 Å². The van der Waals surface area contributed by atoms with Crippen LogP contribution in [0.4, 0.5) is 43.9 Å². The third-order valence-electron chi connectivity index (χ3n) is 23.1. The van der Waals surface area contributed by atoms with Gasteiger partial charge in [-0.25, -0.2) is 17.6 Å². The lowest BCUT2D eigenvalue weighted by Gasteiger charge is -2.27. The molecule has 0 amide bonds. The Balaban J connectivity index is 0.924. The lowest BCUT2D eigenvalue weighted by atomic mass is 9.78. The molecule has 0 spiro atoms. The lowest BCUT2D eigenvalue weighted by molar-refractivity contribution is -0.138. The van der Waals surface area contributed by atoms with Gasteiger partial charge in [-0.1, -0.05) is 215 Å². The molecule has 0 radical (unpaired) electrons. The molecule has 16 rings (SSSR count). The highest BCUT2D eigenvalue weighted by Gasteiger charge is 2.43. The van der Waals surface area contributed by atoms with Crippen LogP contribution in [0.3, 0.4) is 0 Å². The highest BCUT2D eigenvalue weighted by atomic mass is 19.4. The molecule has 0 bridgehead atoms. The summed E-state index contributed by atoms with van der Waals surface area (Å²) < 4.78 is 180. The Bertz CT molecular complexity index is 6360. The molecule has 0 saturated heterocycles. The molecule has 0 N–H and O–H groups in total. The van der Waals surface area contributed by atoms with Crippen molar-refractivity contribution < 1.29 is 43.9 Å². The lowest BCUT2D eigenvalue weighted by Crippen LogP contribution is -2.21. The minimum Gasteiger partial charge on any atom is -0.309 e. The smallest absolute Gasteiger partial charge is 0.309 e. The number of halogens is 10. The van der Waals surface area contributed by atoms with Gasteiger partial charge in [-0.2, -0.15) is 26.3 Å². The van der Waals surface area contributed by atoms with Crippen LogP contribution < -0.4 is 0 Å². The van der Waals surface area contributed by atoms with Gasteiger partial charge in [0, 0.05) is 43.1 Å². The van der Waals surface area contributed by atoms with Gasteiger partial charge >= 0.3 is 12.4 Å². The van der Waals surface area contributed by atoms with Crippen molar-refractivity contribution in [1.29, 1.82) is 0 Å². The summed E-state index contributed by atoms with van der Waals surface area (Å²) in [6, 6.07) is 59.4. The van der Waals surface area contributed by atoms with Crippen LogP contribution in [0, 0.1) is 23.3 Å². The molecule has 4 nitrogen and oxygen atoms in total. The Labute approximate surface area is 645 Å². The van der Waals surface area contributed by atoms with Gasteiger partial charge in [0.1, 0.15) is 34.4 Å². The Morgan fingerprint density at radius 3 is 0.893 bits per heavy atom. The number of hydrogen-bond acceptors (Lipinski definition) is 0. The number of aromatic nitrogens is 4. The van der Waals surface area contributed by atoms with Crippen LogP contribution in [-0.2, 0) is 51.3 Å². The predicted octanol–water partition coefficient (Wildman–Crippen LogP) is 29.0. The van der Waals surface area contributed by atoms with E-state index in [9.17, 15) is 0 Å². The maximum Gasteiger partial charge on any atom is 0.420 e. The summed E-state index contributed by atoms with van der Waals surface area (Å²) in [5.41, 5.74) is 0.422. The molecule has 0 aliphatic carbocycles. The first-order valence-electron chi connectivity index (χ1n) is 38.1. The average molecular weight is 1510 g/mol. The fourth-order valence-electron chi connectivity index (χ4n) is 16.9. The van der Waals surface area contributed by atoms with Gasteiger partial charge in [-0.3, -0.25) is 0 Å². The van der Waals surface area contributed by atoms with Crippen molar-refractivity contribution in [2.45, 2.75) is 169 Å². The number of benzene rings is 12. The molecule has 570 valence electrons. The van der Waals surface area contributed by atoms with E-state index in [4.69, 9.17) is 0 Å². The molecule has 16 aromatic rings. The number of hydrogen-bond donors (Lipinski definition) is 0. The summed E-state index contributed by atoms with van der Waals surface area (Å²) in [6.45, 7) is 34.4. The zero-order valence-electron chi connectivity index (χ0n) is 66.0. The zero-order valence-corrected chi connectivity index (χ0v) is 66.0. The minimum atomic E-state index is -5.13. The molecule has 0 unspecified atom stereocenters. The molecular formula is C98H88F10N4. The Morgan fingerprint density at radius 2 is 0.536 bits per heavy atom. The molecule has 0 aliphatic rings. The molecule has 4 aromatic heterocycles. The van der Waals surface area contributed by atoms with Gasteiger partial charge in [0.05, 0.1) is 78.0 Å². The molecule has 0 fully saturated rings. The topological polar surface area (TPSA) is 19.7 Å². The average Bonchev–Trinajstić information content (AvgIpc) is 1.52. The third-order valence-corrected chi connectivity index (χ3v) is 23.1. The summed E-state index contributed by atoms with van der Waals surface area (Å²) in [7, 11) is 0. The van der Waals surface area contributed by atoms with Gasteiger partial charge in [0.2, 0.25) is 0 Å². The minimum absolute atomic E-state index is 0.0363. The van der Waals surface area contributed by atoms with Crippen molar-refractivity contribution in [3.8, 4) is 45.0 Å². The van der Waals surface area contributed by atoms with Crippen LogP contribution in [0.25, 0.3) is 132 Å². The third kappa shape index (κ3) is 12.4. The fraction of sp³-hybridized carbons (Fsp3) is 0.265. The van der Waals surface area contributed by atoms with E-state index >= 15 is 43.9 Å². The monoisotopic (exact) mass is 1510 g/mol. The molecule has 4 heterocycles. The quantitative estimate of drug-likeness (QED) is 0.128. The van der Waals surface area contributed by atoms with E-state index < -0.39 is 85.2 Å². The standard InChI is InChI=1S/C98H88F10N4/c1-91(2,3)57-32-39-76-67(47-57)68-48-58(92(4,5)6)33-40-77(68)109(76)82-43-55(86-71(99)25-22-26-72(86)100)44-83(88(82)97(103,104)105)110-78-41-34-59(93(7,8)9)49-69(78)70-50-62(35-42-79(70)110)96(16,17)53-54-29-38-73(101)87(90(54)102)56-45-84(111-74-27-20-18-23-63(74)65-36-30-60(51-80(65)111)94(10,11)12)89(98(106,107)108)85(46-56)112-75-28-21-19-24-64(75)66-37-31-61(52-81(66)112)95(13,14)15/h18-52H,53H2,1-17H3. The molecule has 112 heavy (non-hydrogen) atoms. The second-order valence-corrected chi connectivity index (χ2v) is 36.3. The number of nitrogens with zero attached hydrogens (tertiary/aromatic N) is 4. The van der Waals surface area contributed by atoms with Crippen molar-refractivity contribution >= 4 is 87.2 Å². The van der Waals surface area contributed by atoms with Crippen LogP contribution in [0.15, 0.2) is 212 Å². The number of rotatable bonds is 9. The Hall–Kier alpha value is -10.9. The molecular weight excluding hydrogens is 1420 g/mol. The molecule has 12 aromatic carbocycles. The van der Waals surface area contributed by atoms with Crippen LogP contribution in [0.1, 0.15) is 168 Å². The summed E-state index contributed by atoms with van der Waals surface area (Å²) >= 11 is 0. The molecule has 14 heteroatoms. The first kappa shape index (κ1) is 75.2. The van der Waals surface area contributed by atoms with Crippen LogP contribution in [0.2, 0.25) is 0 Å². The van der Waals surface area contributed by atoms with E-state index in [0.29, 0.717) is 92.8 Å². The maximum atomic E-state index is 18.9. The normalized spacial score (nSPS) is 13.3. The van der Waals surface area contributed by atoms with E-state index in [1.54, 1.807) is 56.2 Å². The zero-order chi connectivity index (χ0) is 80.1. The fourth-order valence-corrected chi connectivity index (χ4v) is 16.9. The van der Waals surface area contributed by atoms with E-state index in [1.165, 1.54) is 41.0 Å². The molecule has 0 atom stereocenters. The van der Waals surface area contributed by atoms with Crippen LogP contribution in [0.5, 0.6) is 0 Å². The largest absolute Gasteiger partial charge is 0.420 e. The number of alkyl halides is 6. The van der Waals surface area contributed by atoms with Gasteiger partial charge in [0.25, 0.3) is 0 Å². The Morgan fingerprint density at radius 1 is 0.250 bits per heavy atom. The maximum absolute atomic E-state index is 18.9. The van der Waals surface area contributed by atoms with E-state index in [0.717, 1.165) is 46.0 Å². The first-order valence-corrected chi connectivity index (χ1v) is 38.1. The second-order valence-electron chi connectivity index (χ2n) is 36.3. The summed E-state index contributed by atoms with van der Waals surface area (Å²) in [5, 5.41) is 5.17. The second kappa shape index (κ2) is 25.6. The van der Waals surface area contributed by atoms with Gasteiger partial charge < -0.3 is 18.3 Å². The number of para-hydroxylation sites is 2. The van der Waals surface area contributed by atoms with Gasteiger partial charge in [0.15, 0.2) is 0 Å². The molecule has 0 aliphatic heterocycles.